The molecule has 0 aliphatic heterocycles. The van der Waals surface area contributed by atoms with Crippen molar-refractivity contribution in [2.24, 2.45) is 10.2 Å². The van der Waals surface area contributed by atoms with Gasteiger partial charge in [-0.05, 0) is 50.6 Å². The van der Waals surface area contributed by atoms with Crippen LogP contribution in [0.2, 0.25) is 0 Å². The molecular weight excluding hydrogens is 362 g/mol. The molecule has 0 saturated heterocycles. The van der Waals surface area contributed by atoms with Gasteiger partial charge in [0, 0.05) is 7.05 Å². The number of carbonyl (C=O) groups excluding carboxylic acids is 1. The van der Waals surface area contributed by atoms with Crippen molar-refractivity contribution in [3.05, 3.63) is 53.6 Å². The van der Waals surface area contributed by atoms with Crippen LogP contribution < -0.4 is 0 Å². The highest BCUT2D eigenvalue weighted by molar-refractivity contribution is 5.91. The average molecular weight is 385 g/mol. The van der Waals surface area contributed by atoms with E-state index in [2.05, 4.69) is 10.2 Å². The number of hydrogen-bond donors (Lipinski definition) is 2. The van der Waals surface area contributed by atoms with Crippen LogP contribution in [0.3, 0.4) is 0 Å². The van der Waals surface area contributed by atoms with E-state index in [9.17, 15) is 14.7 Å². The minimum Gasteiger partial charge on any atom is -0.507 e. The molecule has 2 N–H and O–H groups in total. The van der Waals surface area contributed by atoms with Crippen LogP contribution in [0.25, 0.3) is 0 Å². The van der Waals surface area contributed by atoms with Crippen molar-refractivity contribution in [2.45, 2.75) is 32.9 Å². The number of aromatic carboxylic acids is 1. The van der Waals surface area contributed by atoms with E-state index >= 15 is 0 Å². The summed E-state index contributed by atoms with van der Waals surface area (Å²) in [4.78, 5) is 24.7. The van der Waals surface area contributed by atoms with Crippen LogP contribution in [0.4, 0.5) is 16.2 Å². The number of carboxylic acid groups (broad SMARTS) is 1. The second-order valence-corrected chi connectivity index (χ2v) is 7.17. The van der Waals surface area contributed by atoms with Crippen molar-refractivity contribution in [3.8, 4) is 5.75 Å². The second kappa shape index (κ2) is 8.51. The fraction of sp³-hybridized carbons (Fsp3) is 0.300. The predicted octanol–water partition coefficient (Wildman–Crippen LogP) is 4.87. The Labute approximate surface area is 163 Å². The van der Waals surface area contributed by atoms with Gasteiger partial charge >= 0.3 is 12.1 Å². The number of phenols is 1. The second-order valence-electron chi connectivity index (χ2n) is 7.17. The first-order chi connectivity index (χ1) is 13.1. The van der Waals surface area contributed by atoms with Gasteiger partial charge in [0.25, 0.3) is 0 Å². The first-order valence-electron chi connectivity index (χ1n) is 8.57. The zero-order valence-electron chi connectivity index (χ0n) is 16.2. The molecule has 2 aromatic carbocycles. The first kappa shape index (κ1) is 20.9. The Morgan fingerprint density at radius 2 is 1.79 bits per heavy atom. The number of carboxylic acids is 1. The Morgan fingerprint density at radius 1 is 1.11 bits per heavy atom. The minimum absolute atomic E-state index is 0.255. The van der Waals surface area contributed by atoms with Gasteiger partial charge in [-0.25, -0.2) is 9.59 Å². The smallest absolute Gasteiger partial charge is 0.410 e. The molecule has 0 unspecified atom stereocenters. The molecule has 0 aliphatic rings. The Balaban J connectivity index is 2.20. The van der Waals surface area contributed by atoms with E-state index in [0.29, 0.717) is 5.69 Å². The van der Waals surface area contributed by atoms with E-state index < -0.39 is 17.7 Å². The van der Waals surface area contributed by atoms with E-state index in [4.69, 9.17) is 9.84 Å². The summed E-state index contributed by atoms with van der Waals surface area (Å²) in [5.74, 6) is -1.60. The highest BCUT2D eigenvalue weighted by atomic mass is 16.6. The molecule has 28 heavy (non-hydrogen) atoms. The molecule has 0 fully saturated rings. The van der Waals surface area contributed by atoms with Gasteiger partial charge in [0.15, 0.2) is 0 Å². The van der Waals surface area contributed by atoms with E-state index in [-0.39, 0.29) is 23.5 Å². The highest BCUT2D eigenvalue weighted by Crippen LogP contribution is 2.27. The van der Waals surface area contributed by atoms with Gasteiger partial charge < -0.3 is 19.8 Å². The topological polar surface area (TPSA) is 112 Å². The molecule has 8 heteroatoms. The lowest BCUT2D eigenvalue weighted by atomic mass is 10.1. The first-order valence-corrected chi connectivity index (χ1v) is 8.57. The summed E-state index contributed by atoms with van der Waals surface area (Å²) in [6.07, 6.45) is -0.455. The molecule has 8 nitrogen and oxygen atoms in total. The van der Waals surface area contributed by atoms with Crippen LogP contribution in [-0.2, 0) is 11.3 Å². The summed E-state index contributed by atoms with van der Waals surface area (Å²) < 4.78 is 5.34. The molecule has 0 spiro atoms. The molecule has 0 aliphatic carbocycles. The van der Waals surface area contributed by atoms with Crippen molar-refractivity contribution in [1.82, 2.24) is 4.90 Å². The molecule has 148 valence electrons. The number of hydrogen-bond acceptors (Lipinski definition) is 6. The number of azo groups is 1. The third kappa shape index (κ3) is 5.80. The average Bonchev–Trinajstić information content (AvgIpc) is 2.60. The van der Waals surface area contributed by atoms with Crippen molar-refractivity contribution < 1.29 is 24.5 Å². The summed E-state index contributed by atoms with van der Waals surface area (Å²) in [5, 5.41) is 26.8. The maximum Gasteiger partial charge on any atom is 0.410 e. The number of ether oxygens (including phenoxy) is 1. The Kier molecular flexibility index (Phi) is 6.35. The SMILES string of the molecule is CN(Cc1ccccc1N=Nc1ccc(O)c(C(=O)O)c1)C(=O)OC(C)(C)C. The number of aromatic hydroxyl groups is 1. The van der Waals surface area contributed by atoms with Gasteiger partial charge in [0.05, 0.1) is 17.9 Å². The lowest BCUT2D eigenvalue weighted by Crippen LogP contribution is -2.33. The molecule has 0 atom stereocenters. The van der Waals surface area contributed by atoms with Gasteiger partial charge in [-0.3, -0.25) is 0 Å². The van der Waals surface area contributed by atoms with Gasteiger partial charge in [-0.1, -0.05) is 18.2 Å². The van der Waals surface area contributed by atoms with Gasteiger partial charge in [-0.15, -0.1) is 0 Å². The number of amides is 1. The van der Waals surface area contributed by atoms with Crippen molar-refractivity contribution in [1.29, 1.82) is 0 Å². The zero-order valence-corrected chi connectivity index (χ0v) is 16.2. The predicted molar refractivity (Wildman–Crippen MR) is 103 cm³/mol. The van der Waals surface area contributed by atoms with Crippen molar-refractivity contribution in [3.63, 3.8) is 0 Å². The van der Waals surface area contributed by atoms with Crippen LogP contribution in [-0.4, -0.2) is 39.8 Å². The van der Waals surface area contributed by atoms with E-state index in [1.807, 2.05) is 12.1 Å². The standard InChI is InChI=1S/C20H23N3O5/c1-20(2,3)28-19(27)23(4)12-13-7-5-6-8-16(13)22-21-14-9-10-17(24)15(11-14)18(25)26/h5-11,24H,12H2,1-4H3,(H,25,26). The quantitative estimate of drug-likeness (QED) is 0.713. The van der Waals surface area contributed by atoms with Gasteiger partial charge in [0.2, 0.25) is 0 Å². The molecule has 0 saturated carbocycles. The highest BCUT2D eigenvalue weighted by Gasteiger charge is 2.20. The Hall–Kier alpha value is -3.42. The van der Waals surface area contributed by atoms with E-state index in [0.717, 1.165) is 5.56 Å². The van der Waals surface area contributed by atoms with Gasteiger partial charge in [0.1, 0.15) is 16.9 Å². The number of carbonyl (C=O) groups is 2. The van der Waals surface area contributed by atoms with Crippen LogP contribution in [0.5, 0.6) is 5.75 Å². The number of nitrogens with zero attached hydrogens (tertiary/aromatic N) is 3. The molecule has 0 radical (unpaired) electrons. The molecule has 0 aromatic heterocycles. The Bertz CT molecular complexity index is 903. The fourth-order valence-electron chi connectivity index (χ4n) is 2.27. The van der Waals surface area contributed by atoms with Crippen LogP contribution in [0, 0.1) is 0 Å². The molecule has 2 rings (SSSR count). The number of rotatable bonds is 5. The zero-order chi connectivity index (χ0) is 20.9. The summed E-state index contributed by atoms with van der Waals surface area (Å²) in [6.45, 7) is 5.65. The van der Waals surface area contributed by atoms with Crippen LogP contribution in [0.15, 0.2) is 52.7 Å². The van der Waals surface area contributed by atoms with E-state index in [1.54, 1.807) is 40.0 Å². The fourth-order valence-corrected chi connectivity index (χ4v) is 2.27. The monoisotopic (exact) mass is 385 g/mol. The summed E-state index contributed by atoms with van der Waals surface area (Å²) >= 11 is 0. The molecule has 2 aromatic rings. The normalized spacial score (nSPS) is 11.4. The lowest BCUT2D eigenvalue weighted by Gasteiger charge is -2.24. The van der Waals surface area contributed by atoms with Crippen LogP contribution in [0.1, 0.15) is 36.7 Å². The Morgan fingerprint density at radius 3 is 2.43 bits per heavy atom. The van der Waals surface area contributed by atoms with E-state index in [1.165, 1.54) is 23.1 Å². The molecule has 0 heterocycles. The molecule has 1 amide bonds. The summed E-state index contributed by atoms with van der Waals surface area (Å²) in [7, 11) is 1.63. The maximum absolute atomic E-state index is 12.2. The largest absolute Gasteiger partial charge is 0.507 e. The summed E-state index contributed by atoms with van der Waals surface area (Å²) in [6, 6.07) is 11.1. The summed E-state index contributed by atoms with van der Waals surface area (Å²) in [5.41, 5.74) is 0.713. The van der Waals surface area contributed by atoms with Crippen molar-refractivity contribution in [2.75, 3.05) is 7.05 Å². The third-order valence-electron chi connectivity index (χ3n) is 3.59. The van der Waals surface area contributed by atoms with Crippen molar-refractivity contribution >= 4 is 23.4 Å². The van der Waals surface area contributed by atoms with Gasteiger partial charge in [-0.2, -0.15) is 10.2 Å². The number of benzene rings is 2. The lowest BCUT2D eigenvalue weighted by molar-refractivity contribution is 0.0285. The third-order valence-corrected chi connectivity index (χ3v) is 3.59. The van der Waals surface area contributed by atoms with Crippen LogP contribution >= 0.6 is 0 Å². The minimum atomic E-state index is -1.26. The molecular formula is C20H23N3O5. The molecule has 0 bridgehead atoms. The maximum atomic E-state index is 12.2.